The number of anilines is 1. The standard InChI is InChI=1S/C14H17N3O2S/c1-9-10-12(17-6-4-3-5-7-17)15-8-16-13(10)20-11(9)14(18)19-2/h8H,3-7H2,1-2H3. The lowest BCUT2D eigenvalue weighted by atomic mass is 10.1. The van der Waals surface area contributed by atoms with Gasteiger partial charge in [0.05, 0.1) is 12.5 Å². The van der Waals surface area contributed by atoms with Crippen LogP contribution in [0.1, 0.15) is 34.5 Å². The second-order valence-electron chi connectivity index (χ2n) is 4.97. The van der Waals surface area contributed by atoms with Crippen LogP contribution in [0, 0.1) is 6.92 Å². The first-order valence-electron chi connectivity index (χ1n) is 6.79. The van der Waals surface area contributed by atoms with Crippen LogP contribution in [0.4, 0.5) is 5.82 Å². The van der Waals surface area contributed by atoms with E-state index < -0.39 is 0 Å². The third kappa shape index (κ3) is 2.14. The summed E-state index contributed by atoms with van der Waals surface area (Å²) in [6, 6.07) is 0. The molecule has 20 heavy (non-hydrogen) atoms. The Labute approximate surface area is 121 Å². The molecule has 5 nitrogen and oxygen atoms in total. The molecule has 0 saturated carbocycles. The molecule has 1 saturated heterocycles. The minimum Gasteiger partial charge on any atom is -0.465 e. The molecule has 6 heteroatoms. The lowest BCUT2D eigenvalue weighted by molar-refractivity contribution is 0.0605. The van der Waals surface area contributed by atoms with Gasteiger partial charge in [-0.05, 0) is 31.7 Å². The lowest BCUT2D eigenvalue weighted by Crippen LogP contribution is -2.30. The predicted octanol–water partition coefficient (Wildman–Crippen LogP) is 2.78. The Kier molecular flexibility index (Phi) is 3.56. The van der Waals surface area contributed by atoms with E-state index in [1.54, 1.807) is 6.33 Å². The summed E-state index contributed by atoms with van der Waals surface area (Å²) in [6.07, 6.45) is 5.25. The fourth-order valence-electron chi connectivity index (χ4n) is 2.69. The SMILES string of the molecule is COC(=O)c1sc2ncnc(N3CCCCC3)c2c1C. The van der Waals surface area contributed by atoms with Crippen LogP contribution in [0.3, 0.4) is 0 Å². The van der Waals surface area contributed by atoms with Crippen molar-refractivity contribution in [1.82, 2.24) is 9.97 Å². The van der Waals surface area contributed by atoms with Crippen LogP contribution in [0.5, 0.6) is 0 Å². The number of piperidine rings is 1. The molecule has 106 valence electrons. The van der Waals surface area contributed by atoms with Crippen LogP contribution in [0.15, 0.2) is 6.33 Å². The van der Waals surface area contributed by atoms with Crippen molar-refractivity contribution in [3.63, 3.8) is 0 Å². The zero-order chi connectivity index (χ0) is 14.1. The molecule has 0 aromatic carbocycles. The van der Waals surface area contributed by atoms with Crippen molar-refractivity contribution >= 4 is 33.3 Å². The fraction of sp³-hybridized carbons (Fsp3) is 0.500. The van der Waals surface area contributed by atoms with Gasteiger partial charge in [0.15, 0.2) is 0 Å². The number of esters is 1. The highest BCUT2D eigenvalue weighted by atomic mass is 32.1. The predicted molar refractivity (Wildman–Crippen MR) is 79.6 cm³/mol. The highest BCUT2D eigenvalue weighted by Crippen LogP contribution is 2.35. The quantitative estimate of drug-likeness (QED) is 0.796. The number of aryl methyl sites for hydroxylation is 1. The molecule has 2 aromatic rings. The molecule has 0 atom stereocenters. The molecular formula is C14H17N3O2S. The maximum absolute atomic E-state index is 11.8. The molecule has 1 aliphatic heterocycles. The van der Waals surface area contributed by atoms with Gasteiger partial charge in [0.25, 0.3) is 0 Å². The van der Waals surface area contributed by atoms with Crippen LogP contribution in [-0.4, -0.2) is 36.1 Å². The van der Waals surface area contributed by atoms with E-state index in [-0.39, 0.29) is 5.97 Å². The zero-order valence-electron chi connectivity index (χ0n) is 11.7. The van der Waals surface area contributed by atoms with E-state index in [1.165, 1.54) is 37.7 Å². The van der Waals surface area contributed by atoms with Gasteiger partial charge >= 0.3 is 5.97 Å². The molecular weight excluding hydrogens is 274 g/mol. The Hall–Kier alpha value is -1.69. The smallest absolute Gasteiger partial charge is 0.348 e. The van der Waals surface area contributed by atoms with Gasteiger partial charge < -0.3 is 9.64 Å². The number of methoxy groups -OCH3 is 1. The molecule has 0 unspecified atom stereocenters. The lowest BCUT2D eigenvalue weighted by Gasteiger charge is -2.28. The van der Waals surface area contributed by atoms with E-state index in [4.69, 9.17) is 4.74 Å². The fourth-order valence-corrected chi connectivity index (χ4v) is 3.75. The number of aromatic nitrogens is 2. The summed E-state index contributed by atoms with van der Waals surface area (Å²) >= 11 is 1.38. The average Bonchev–Trinajstić information content (AvgIpc) is 2.85. The first kappa shape index (κ1) is 13.3. The van der Waals surface area contributed by atoms with Gasteiger partial charge in [-0.2, -0.15) is 0 Å². The van der Waals surface area contributed by atoms with Crippen LogP contribution in [-0.2, 0) is 4.74 Å². The Morgan fingerprint density at radius 3 is 2.75 bits per heavy atom. The van der Waals surface area contributed by atoms with Crippen LogP contribution in [0.2, 0.25) is 0 Å². The topological polar surface area (TPSA) is 55.3 Å². The van der Waals surface area contributed by atoms with E-state index in [2.05, 4.69) is 14.9 Å². The third-order valence-electron chi connectivity index (χ3n) is 3.73. The van der Waals surface area contributed by atoms with E-state index in [1.807, 2.05) is 6.92 Å². The molecule has 0 aliphatic carbocycles. The number of rotatable bonds is 2. The largest absolute Gasteiger partial charge is 0.465 e. The Balaban J connectivity index is 2.13. The highest BCUT2D eigenvalue weighted by Gasteiger charge is 2.22. The molecule has 0 spiro atoms. The van der Waals surface area contributed by atoms with Crippen molar-refractivity contribution in [1.29, 1.82) is 0 Å². The second kappa shape index (κ2) is 5.36. The molecule has 0 bridgehead atoms. The Morgan fingerprint density at radius 2 is 2.05 bits per heavy atom. The normalized spacial score (nSPS) is 15.6. The summed E-state index contributed by atoms with van der Waals surface area (Å²) in [6.45, 7) is 3.99. The number of carbonyl (C=O) groups excluding carboxylic acids is 1. The van der Waals surface area contributed by atoms with Gasteiger partial charge in [0.1, 0.15) is 21.9 Å². The summed E-state index contributed by atoms with van der Waals surface area (Å²) in [5.41, 5.74) is 0.929. The summed E-state index contributed by atoms with van der Waals surface area (Å²) in [5.74, 6) is 0.661. The first-order valence-corrected chi connectivity index (χ1v) is 7.61. The summed E-state index contributed by atoms with van der Waals surface area (Å²) in [4.78, 5) is 24.4. The number of fused-ring (bicyclic) bond motifs is 1. The van der Waals surface area contributed by atoms with E-state index in [0.717, 1.165) is 34.7 Å². The molecule has 2 aromatic heterocycles. The van der Waals surface area contributed by atoms with Gasteiger partial charge in [-0.15, -0.1) is 11.3 Å². The van der Waals surface area contributed by atoms with Crippen molar-refractivity contribution < 1.29 is 9.53 Å². The van der Waals surface area contributed by atoms with Gasteiger partial charge in [0, 0.05) is 13.1 Å². The highest BCUT2D eigenvalue weighted by molar-refractivity contribution is 7.20. The molecule has 0 N–H and O–H groups in total. The van der Waals surface area contributed by atoms with Crippen molar-refractivity contribution in [2.24, 2.45) is 0 Å². The third-order valence-corrected chi connectivity index (χ3v) is 4.91. The van der Waals surface area contributed by atoms with E-state index >= 15 is 0 Å². The van der Waals surface area contributed by atoms with Crippen LogP contribution in [0.25, 0.3) is 10.2 Å². The average molecular weight is 291 g/mol. The van der Waals surface area contributed by atoms with Crippen molar-refractivity contribution in [2.75, 3.05) is 25.1 Å². The number of nitrogens with zero attached hydrogens (tertiary/aromatic N) is 3. The Bertz CT molecular complexity index is 647. The maximum atomic E-state index is 11.8. The number of hydrogen-bond acceptors (Lipinski definition) is 6. The Morgan fingerprint density at radius 1 is 1.30 bits per heavy atom. The summed E-state index contributed by atoms with van der Waals surface area (Å²) in [5, 5.41) is 1.000. The van der Waals surface area contributed by atoms with Crippen molar-refractivity contribution in [3.8, 4) is 0 Å². The first-order chi connectivity index (χ1) is 9.72. The molecule has 1 fully saturated rings. The van der Waals surface area contributed by atoms with E-state index in [0.29, 0.717) is 4.88 Å². The molecule has 3 rings (SSSR count). The summed E-state index contributed by atoms with van der Waals surface area (Å²) in [7, 11) is 1.41. The number of ether oxygens (including phenoxy) is 1. The second-order valence-corrected chi connectivity index (χ2v) is 5.97. The van der Waals surface area contributed by atoms with Crippen molar-refractivity contribution in [2.45, 2.75) is 26.2 Å². The van der Waals surface area contributed by atoms with Gasteiger partial charge in [-0.25, -0.2) is 14.8 Å². The van der Waals surface area contributed by atoms with Gasteiger partial charge in [-0.1, -0.05) is 0 Å². The maximum Gasteiger partial charge on any atom is 0.348 e. The van der Waals surface area contributed by atoms with Crippen LogP contribution >= 0.6 is 11.3 Å². The molecule has 1 aliphatic rings. The summed E-state index contributed by atoms with van der Waals surface area (Å²) < 4.78 is 4.84. The minimum atomic E-state index is -0.296. The van der Waals surface area contributed by atoms with Gasteiger partial charge in [0.2, 0.25) is 0 Å². The molecule has 0 radical (unpaired) electrons. The zero-order valence-corrected chi connectivity index (χ0v) is 12.5. The number of thiophene rings is 1. The van der Waals surface area contributed by atoms with E-state index in [9.17, 15) is 4.79 Å². The molecule has 0 amide bonds. The molecule has 3 heterocycles. The van der Waals surface area contributed by atoms with Crippen LogP contribution < -0.4 is 4.90 Å². The minimum absolute atomic E-state index is 0.296. The van der Waals surface area contributed by atoms with Crippen molar-refractivity contribution in [3.05, 3.63) is 16.8 Å². The number of carbonyl (C=O) groups is 1. The van der Waals surface area contributed by atoms with Gasteiger partial charge in [-0.3, -0.25) is 0 Å². The number of hydrogen-bond donors (Lipinski definition) is 0. The monoisotopic (exact) mass is 291 g/mol.